The van der Waals surface area contributed by atoms with Crippen molar-refractivity contribution in [3.05, 3.63) is 65.2 Å². The number of ether oxygens (including phenoxy) is 1. The number of hydrogen-bond donors (Lipinski definition) is 0. The molecule has 1 amide bonds. The molecule has 4 heteroatoms. The van der Waals surface area contributed by atoms with Crippen LogP contribution in [0.4, 0.5) is 0 Å². The molecule has 0 aliphatic carbocycles. The smallest absolute Gasteiger partial charge is 0.241 e. The first-order valence-electron chi connectivity index (χ1n) is 11.1. The van der Waals surface area contributed by atoms with E-state index < -0.39 is 0 Å². The van der Waals surface area contributed by atoms with Gasteiger partial charge in [-0.25, -0.2) is 0 Å². The Morgan fingerprint density at radius 3 is 2.13 bits per heavy atom. The van der Waals surface area contributed by atoms with E-state index in [1.807, 2.05) is 12.1 Å². The van der Waals surface area contributed by atoms with Gasteiger partial charge in [0, 0.05) is 6.54 Å². The Bertz CT molecular complexity index is 827. The van der Waals surface area contributed by atoms with Crippen molar-refractivity contribution in [2.24, 2.45) is 5.92 Å². The van der Waals surface area contributed by atoms with E-state index in [1.54, 1.807) is 7.11 Å². The molecule has 1 aliphatic heterocycles. The Hall–Kier alpha value is -2.33. The highest BCUT2D eigenvalue weighted by atomic mass is 16.5. The average molecular weight is 409 g/mol. The Balaban J connectivity index is 1.84. The third-order valence-electron chi connectivity index (χ3n) is 6.14. The molecule has 3 rings (SSSR count). The number of benzene rings is 2. The van der Waals surface area contributed by atoms with Gasteiger partial charge in [-0.2, -0.15) is 0 Å². The van der Waals surface area contributed by atoms with Crippen molar-refractivity contribution in [2.45, 2.75) is 58.7 Å². The standard InChI is InChI=1S/C26H36N2O2/c1-18(2)17-24-26(29)28(16-15-20-7-13-23(30-6)14-8-20)25(27(24)5)22-11-9-21(10-12-22)19(3)4/h7-14,18-19,24-25H,15-17H2,1-6H3. The van der Waals surface area contributed by atoms with Crippen molar-refractivity contribution in [2.75, 3.05) is 20.7 Å². The van der Waals surface area contributed by atoms with Gasteiger partial charge >= 0.3 is 0 Å². The normalized spacial score (nSPS) is 19.9. The Morgan fingerprint density at radius 1 is 0.967 bits per heavy atom. The maximum Gasteiger partial charge on any atom is 0.241 e. The Labute approximate surface area is 181 Å². The lowest BCUT2D eigenvalue weighted by atomic mass is 10.0. The number of carbonyl (C=O) groups excluding carboxylic acids is 1. The molecule has 1 aliphatic rings. The van der Waals surface area contributed by atoms with E-state index in [1.165, 1.54) is 16.7 Å². The van der Waals surface area contributed by atoms with Crippen LogP contribution < -0.4 is 4.74 Å². The van der Waals surface area contributed by atoms with E-state index in [0.717, 1.165) is 18.6 Å². The maximum atomic E-state index is 13.4. The number of likely N-dealkylation sites (N-methyl/N-ethyl adjacent to an activating group) is 1. The van der Waals surface area contributed by atoms with Crippen LogP contribution in [0.5, 0.6) is 5.75 Å². The fourth-order valence-corrected chi connectivity index (χ4v) is 4.33. The summed E-state index contributed by atoms with van der Waals surface area (Å²) >= 11 is 0. The van der Waals surface area contributed by atoms with E-state index in [-0.39, 0.29) is 18.1 Å². The Morgan fingerprint density at radius 2 is 1.60 bits per heavy atom. The van der Waals surface area contributed by atoms with E-state index in [2.05, 4.69) is 80.9 Å². The lowest BCUT2D eigenvalue weighted by Crippen LogP contribution is -2.33. The minimum atomic E-state index is -0.0596. The maximum absolute atomic E-state index is 13.4. The van der Waals surface area contributed by atoms with Gasteiger partial charge in [0.1, 0.15) is 11.9 Å². The van der Waals surface area contributed by atoms with Crippen LogP contribution in [0.25, 0.3) is 0 Å². The Kier molecular flexibility index (Phi) is 7.19. The third-order valence-corrected chi connectivity index (χ3v) is 6.14. The summed E-state index contributed by atoms with van der Waals surface area (Å²) in [6, 6.07) is 16.9. The quantitative estimate of drug-likeness (QED) is 0.598. The molecule has 0 radical (unpaired) electrons. The predicted octanol–water partition coefficient (Wildman–Crippen LogP) is 5.25. The zero-order valence-corrected chi connectivity index (χ0v) is 19.3. The zero-order valence-electron chi connectivity index (χ0n) is 19.3. The molecular formula is C26H36N2O2. The minimum absolute atomic E-state index is 0.0132. The molecule has 1 heterocycles. The lowest BCUT2D eigenvalue weighted by molar-refractivity contribution is -0.130. The van der Waals surface area contributed by atoms with Crippen molar-refractivity contribution in [1.29, 1.82) is 0 Å². The molecule has 0 spiro atoms. The molecule has 0 saturated carbocycles. The van der Waals surface area contributed by atoms with Crippen molar-refractivity contribution in [1.82, 2.24) is 9.80 Å². The van der Waals surface area contributed by atoms with Gasteiger partial charge in [0.15, 0.2) is 0 Å². The zero-order chi connectivity index (χ0) is 21.8. The average Bonchev–Trinajstić information content (AvgIpc) is 2.96. The van der Waals surface area contributed by atoms with Crippen molar-refractivity contribution in [3.63, 3.8) is 0 Å². The van der Waals surface area contributed by atoms with Crippen LogP contribution in [0.2, 0.25) is 0 Å². The number of amides is 1. The number of methoxy groups -OCH3 is 1. The van der Waals surface area contributed by atoms with Crippen LogP contribution in [0.3, 0.4) is 0 Å². The van der Waals surface area contributed by atoms with Crippen LogP contribution in [0.15, 0.2) is 48.5 Å². The first-order chi connectivity index (χ1) is 14.3. The molecule has 30 heavy (non-hydrogen) atoms. The summed E-state index contributed by atoms with van der Waals surface area (Å²) in [5.41, 5.74) is 3.73. The van der Waals surface area contributed by atoms with Gasteiger partial charge in [0.2, 0.25) is 5.91 Å². The van der Waals surface area contributed by atoms with Crippen molar-refractivity contribution in [3.8, 4) is 5.75 Å². The summed E-state index contributed by atoms with van der Waals surface area (Å²) in [6.45, 7) is 9.50. The van der Waals surface area contributed by atoms with Crippen LogP contribution in [0.1, 0.15) is 62.9 Å². The number of nitrogens with zero attached hydrogens (tertiary/aromatic N) is 2. The molecular weight excluding hydrogens is 372 g/mol. The molecule has 2 aromatic rings. The van der Waals surface area contributed by atoms with Gasteiger partial charge in [0.05, 0.1) is 13.2 Å². The first kappa shape index (κ1) is 22.4. The van der Waals surface area contributed by atoms with E-state index in [4.69, 9.17) is 4.74 Å². The highest BCUT2D eigenvalue weighted by Crippen LogP contribution is 2.36. The van der Waals surface area contributed by atoms with Gasteiger partial charge in [0.25, 0.3) is 0 Å². The summed E-state index contributed by atoms with van der Waals surface area (Å²) in [7, 11) is 3.77. The molecule has 162 valence electrons. The molecule has 4 nitrogen and oxygen atoms in total. The number of hydrogen-bond acceptors (Lipinski definition) is 3. The molecule has 0 aromatic heterocycles. The van der Waals surface area contributed by atoms with Crippen molar-refractivity contribution >= 4 is 5.91 Å². The molecule has 2 unspecified atom stereocenters. The van der Waals surface area contributed by atoms with Gasteiger partial charge < -0.3 is 9.64 Å². The summed E-state index contributed by atoms with van der Waals surface area (Å²) in [6.07, 6.45) is 1.70. The molecule has 0 bridgehead atoms. The summed E-state index contributed by atoms with van der Waals surface area (Å²) in [5, 5.41) is 0. The second-order valence-electron chi connectivity index (χ2n) is 9.14. The molecule has 0 N–H and O–H groups in total. The van der Waals surface area contributed by atoms with Gasteiger partial charge in [-0.1, -0.05) is 64.1 Å². The number of rotatable bonds is 8. The van der Waals surface area contributed by atoms with Crippen LogP contribution in [-0.4, -0.2) is 42.5 Å². The highest BCUT2D eigenvalue weighted by Gasteiger charge is 2.44. The molecule has 1 fully saturated rings. The highest BCUT2D eigenvalue weighted by molar-refractivity contribution is 5.84. The van der Waals surface area contributed by atoms with Crippen molar-refractivity contribution < 1.29 is 9.53 Å². The second kappa shape index (κ2) is 9.65. The topological polar surface area (TPSA) is 32.8 Å². The van der Waals surface area contributed by atoms with Crippen LogP contribution in [-0.2, 0) is 11.2 Å². The van der Waals surface area contributed by atoms with Crippen LogP contribution in [0, 0.1) is 5.92 Å². The van der Waals surface area contributed by atoms with Gasteiger partial charge in [-0.15, -0.1) is 0 Å². The van der Waals surface area contributed by atoms with Gasteiger partial charge in [-0.05, 0) is 60.5 Å². The van der Waals surface area contributed by atoms with Gasteiger partial charge in [-0.3, -0.25) is 9.69 Å². The summed E-state index contributed by atoms with van der Waals surface area (Å²) in [4.78, 5) is 17.7. The number of carbonyl (C=O) groups is 1. The lowest BCUT2D eigenvalue weighted by Gasteiger charge is -2.29. The summed E-state index contributed by atoms with van der Waals surface area (Å²) in [5.74, 6) is 2.09. The van der Waals surface area contributed by atoms with E-state index in [9.17, 15) is 4.79 Å². The molecule has 2 aromatic carbocycles. The van der Waals surface area contributed by atoms with E-state index >= 15 is 0 Å². The first-order valence-corrected chi connectivity index (χ1v) is 11.1. The summed E-state index contributed by atoms with van der Waals surface area (Å²) < 4.78 is 5.26. The molecule has 1 saturated heterocycles. The largest absolute Gasteiger partial charge is 0.497 e. The predicted molar refractivity (Wildman–Crippen MR) is 123 cm³/mol. The minimum Gasteiger partial charge on any atom is -0.497 e. The fourth-order valence-electron chi connectivity index (χ4n) is 4.33. The second-order valence-corrected chi connectivity index (χ2v) is 9.14. The van der Waals surface area contributed by atoms with Crippen LogP contribution >= 0.6 is 0 Å². The monoisotopic (exact) mass is 408 g/mol. The molecule has 2 atom stereocenters. The SMILES string of the molecule is COc1ccc(CCN2C(=O)C(CC(C)C)N(C)C2c2ccc(C(C)C)cc2)cc1. The van der Waals surface area contributed by atoms with E-state index in [0.29, 0.717) is 18.4 Å². The third kappa shape index (κ3) is 4.86. The fraction of sp³-hybridized carbons (Fsp3) is 0.500.